The van der Waals surface area contributed by atoms with E-state index in [1.165, 1.54) is 83.5 Å². The van der Waals surface area contributed by atoms with Gasteiger partial charge in [-0.15, -0.1) is 0 Å². The first-order valence-corrected chi connectivity index (χ1v) is 26.7. The fraction of sp³-hybridized carbons (Fsp3) is 0.772. The molecule has 2 N–H and O–H groups in total. The van der Waals surface area contributed by atoms with E-state index in [1.807, 2.05) is 0 Å². The molecule has 0 amide bonds. The lowest BCUT2D eigenvalue weighted by Gasteiger charge is -2.30. The summed E-state index contributed by atoms with van der Waals surface area (Å²) in [5.41, 5.74) is -2.56. The van der Waals surface area contributed by atoms with Crippen LogP contribution in [0, 0.1) is 0 Å². The molecule has 0 aliphatic carbocycles. The number of esters is 1. The standard InChI is InChI=1S/C57H100O6/c1-4-7-10-13-16-19-22-25-28-31-34-37-40-43-46-49-53(58)57(62,54(59)50-47-44-41-38-35-32-29-26-23-20-17-14-11-8-5-2)55(60)52-63-56(61)51-48-45-42-39-36-33-30-27-24-21-18-15-12-9-6-3/h16-17,19-20,25-30,55,60,62H,4-15,18,21-24,31-52H2,1-3H3/b19-16-,20-17-,28-25-,29-26-,30-27-/t55-/m0/s1. The first kappa shape index (κ1) is 60.4. The maximum absolute atomic E-state index is 13.5. The zero-order valence-corrected chi connectivity index (χ0v) is 41.5. The number of hydrogen-bond donors (Lipinski definition) is 2. The summed E-state index contributed by atoms with van der Waals surface area (Å²) in [6, 6.07) is 0. The molecule has 0 saturated carbocycles. The van der Waals surface area contributed by atoms with E-state index < -0.39 is 35.8 Å². The smallest absolute Gasteiger partial charge is 0.305 e. The Bertz CT molecular complexity index is 1140. The number of aliphatic hydroxyl groups excluding tert-OH is 1. The van der Waals surface area contributed by atoms with E-state index in [0.29, 0.717) is 19.3 Å². The van der Waals surface area contributed by atoms with Crippen molar-refractivity contribution in [2.75, 3.05) is 6.61 Å². The van der Waals surface area contributed by atoms with E-state index >= 15 is 0 Å². The highest BCUT2D eigenvalue weighted by Crippen LogP contribution is 2.23. The van der Waals surface area contributed by atoms with Crippen molar-refractivity contribution >= 4 is 17.5 Å². The summed E-state index contributed by atoms with van der Waals surface area (Å²) in [5, 5.41) is 22.7. The number of ketones is 2. The Hall–Kier alpha value is -2.57. The van der Waals surface area contributed by atoms with Crippen molar-refractivity contribution in [1.82, 2.24) is 0 Å². The molecule has 0 aliphatic rings. The van der Waals surface area contributed by atoms with Crippen molar-refractivity contribution in [3.8, 4) is 0 Å². The first-order chi connectivity index (χ1) is 30.8. The average molecular weight is 881 g/mol. The molecule has 63 heavy (non-hydrogen) atoms. The van der Waals surface area contributed by atoms with Crippen LogP contribution in [0.1, 0.15) is 265 Å². The van der Waals surface area contributed by atoms with Gasteiger partial charge in [0.2, 0.25) is 5.60 Å². The molecule has 0 unspecified atom stereocenters. The lowest BCUT2D eigenvalue weighted by Crippen LogP contribution is -2.57. The minimum absolute atomic E-state index is 0.00875. The van der Waals surface area contributed by atoms with Crippen LogP contribution in [0.4, 0.5) is 0 Å². The van der Waals surface area contributed by atoms with Gasteiger partial charge in [-0.1, -0.05) is 197 Å². The number of ether oxygens (including phenoxy) is 1. The molecule has 6 heteroatoms. The summed E-state index contributed by atoms with van der Waals surface area (Å²) in [6.07, 6.45) is 59.1. The van der Waals surface area contributed by atoms with Crippen molar-refractivity contribution in [2.24, 2.45) is 0 Å². The molecule has 0 saturated heterocycles. The van der Waals surface area contributed by atoms with Crippen LogP contribution in [-0.4, -0.2) is 46.1 Å². The second-order valence-corrected chi connectivity index (χ2v) is 18.1. The molecule has 0 radical (unpaired) electrons. The molecule has 1 atom stereocenters. The van der Waals surface area contributed by atoms with Crippen LogP contribution in [0.2, 0.25) is 0 Å². The number of carbonyl (C=O) groups excluding carboxylic acids is 3. The monoisotopic (exact) mass is 881 g/mol. The summed E-state index contributed by atoms with van der Waals surface area (Å²) in [4.78, 5) is 39.6. The van der Waals surface area contributed by atoms with Gasteiger partial charge >= 0.3 is 5.97 Å². The predicted octanol–water partition coefficient (Wildman–Crippen LogP) is 16.4. The maximum atomic E-state index is 13.5. The Balaban J connectivity index is 4.72. The van der Waals surface area contributed by atoms with Crippen LogP contribution in [0.25, 0.3) is 0 Å². The average Bonchev–Trinajstić information content (AvgIpc) is 3.28. The summed E-state index contributed by atoms with van der Waals surface area (Å²) >= 11 is 0. The second kappa shape index (κ2) is 47.4. The minimum Gasteiger partial charge on any atom is -0.463 e. The first-order valence-electron chi connectivity index (χ1n) is 26.7. The fourth-order valence-electron chi connectivity index (χ4n) is 7.81. The van der Waals surface area contributed by atoms with Gasteiger partial charge in [0, 0.05) is 19.3 Å². The van der Waals surface area contributed by atoms with Gasteiger partial charge in [-0.25, -0.2) is 0 Å². The normalized spacial score (nSPS) is 12.9. The fourth-order valence-corrected chi connectivity index (χ4v) is 7.81. The number of Topliss-reactive ketones (excluding diaryl/α,β-unsaturated/α-hetero) is 2. The van der Waals surface area contributed by atoms with E-state index in [-0.39, 0.29) is 19.3 Å². The summed E-state index contributed by atoms with van der Waals surface area (Å²) < 4.78 is 5.35. The molecule has 0 spiro atoms. The maximum Gasteiger partial charge on any atom is 0.305 e. The van der Waals surface area contributed by atoms with E-state index in [9.17, 15) is 24.6 Å². The summed E-state index contributed by atoms with van der Waals surface area (Å²) in [6.45, 7) is 6.14. The quantitative estimate of drug-likeness (QED) is 0.0273. The Morgan fingerprint density at radius 1 is 0.397 bits per heavy atom. The third-order valence-electron chi connectivity index (χ3n) is 12.1. The topological polar surface area (TPSA) is 101 Å². The third-order valence-corrected chi connectivity index (χ3v) is 12.1. The highest BCUT2D eigenvalue weighted by molar-refractivity contribution is 6.10. The molecule has 6 nitrogen and oxygen atoms in total. The predicted molar refractivity (Wildman–Crippen MR) is 270 cm³/mol. The van der Waals surface area contributed by atoms with E-state index in [1.54, 1.807) is 0 Å². The molecule has 0 aromatic heterocycles. The van der Waals surface area contributed by atoms with Crippen molar-refractivity contribution < 1.29 is 29.3 Å². The lowest BCUT2D eigenvalue weighted by molar-refractivity contribution is -0.172. The van der Waals surface area contributed by atoms with Gasteiger partial charge in [-0.3, -0.25) is 14.4 Å². The molecule has 0 aliphatic heterocycles. The number of aliphatic hydroxyl groups is 2. The number of carbonyl (C=O) groups is 3. The number of unbranched alkanes of at least 4 members (excludes halogenated alkanes) is 27. The molecule has 0 fully saturated rings. The second-order valence-electron chi connectivity index (χ2n) is 18.1. The van der Waals surface area contributed by atoms with Crippen LogP contribution in [0.15, 0.2) is 60.8 Å². The lowest BCUT2D eigenvalue weighted by atomic mass is 9.82. The van der Waals surface area contributed by atoms with Gasteiger partial charge in [-0.2, -0.15) is 0 Å². The van der Waals surface area contributed by atoms with Gasteiger partial charge in [0.25, 0.3) is 0 Å². The highest BCUT2D eigenvalue weighted by atomic mass is 16.5. The third kappa shape index (κ3) is 38.4. The summed E-state index contributed by atoms with van der Waals surface area (Å²) in [7, 11) is 0. The number of allylic oxidation sites excluding steroid dienone is 10. The van der Waals surface area contributed by atoms with Gasteiger partial charge < -0.3 is 14.9 Å². The molecular weight excluding hydrogens is 781 g/mol. The molecule has 0 heterocycles. The van der Waals surface area contributed by atoms with E-state index in [2.05, 4.69) is 81.5 Å². The Morgan fingerprint density at radius 3 is 1.03 bits per heavy atom. The van der Waals surface area contributed by atoms with Crippen LogP contribution in [0.5, 0.6) is 0 Å². The SMILES string of the molecule is CCCCC/C=C\C/C=C\CCCCCCCC(=O)C(O)(C(=O)CCCCCCC/C=C\C/C=C\CCCCC)[C@@H](O)COC(=O)CCCCCCC/C=C\CCCCCCCC. The van der Waals surface area contributed by atoms with Crippen LogP contribution >= 0.6 is 0 Å². The Morgan fingerprint density at radius 2 is 0.667 bits per heavy atom. The van der Waals surface area contributed by atoms with Crippen LogP contribution in [0.3, 0.4) is 0 Å². The molecule has 0 rings (SSSR count). The molecule has 0 aromatic rings. The zero-order valence-electron chi connectivity index (χ0n) is 41.5. The van der Waals surface area contributed by atoms with Gasteiger partial charge in [-0.05, 0) is 109 Å². The van der Waals surface area contributed by atoms with E-state index in [4.69, 9.17) is 4.74 Å². The van der Waals surface area contributed by atoms with Gasteiger partial charge in [0.1, 0.15) is 12.7 Å². The van der Waals surface area contributed by atoms with Crippen molar-refractivity contribution in [1.29, 1.82) is 0 Å². The molecule has 0 bridgehead atoms. The molecule has 0 aromatic carbocycles. The van der Waals surface area contributed by atoms with Crippen molar-refractivity contribution in [3.63, 3.8) is 0 Å². The van der Waals surface area contributed by atoms with Crippen LogP contribution in [-0.2, 0) is 19.1 Å². The largest absolute Gasteiger partial charge is 0.463 e. The van der Waals surface area contributed by atoms with Gasteiger partial charge in [0.05, 0.1) is 0 Å². The number of hydrogen-bond acceptors (Lipinski definition) is 6. The highest BCUT2D eigenvalue weighted by Gasteiger charge is 2.49. The zero-order chi connectivity index (χ0) is 46.2. The minimum atomic E-state index is -2.56. The van der Waals surface area contributed by atoms with Crippen molar-refractivity contribution in [2.45, 2.75) is 276 Å². The molecule has 364 valence electrons. The Labute approximate surface area is 389 Å². The van der Waals surface area contributed by atoms with Crippen LogP contribution < -0.4 is 0 Å². The molecular formula is C57H100O6. The summed E-state index contributed by atoms with van der Waals surface area (Å²) in [5.74, 6) is -1.81. The number of rotatable bonds is 48. The van der Waals surface area contributed by atoms with Gasteiger partial charge in [0.15, 0.2) is 11.6 Å². The van der Waals surface area contributed by atoms with Crippen molar-refractivity contribution in [3.05, 3.63) is 60.8 Å². The van der Waals surface area contributed by atoms with E-state index in [0.717, 1.165) is 122 Å². The Kier molecular flexibility index (Phi) is 45.5.